The van der Waals surface area contributed by atoms with Gasteiger partial charge in [-0.1, -0.05) is 29.3 Å². The van der Waals surface area contributed by atoms with Crippen LogP contribution < -0.4 is 0 Å². The Labute approximate surface area is 122 Å². The van der Waals surface area contributed by atoms with Crippen molar-refractivity contribution in [3.63, 3.8) is 0 Å². The number of hydrogen-bond acceptors (Lipinski definition) is 1. The van der Waals surface area contributed by atoms with Gasteiger partial charge in [-0.3, -0.25) is 4.98 Å². The second-order valence-electron chi connectivity index (χ2n) is 4.16. The number of nitrogens with zero attached hydrogens (tertiary/aromatic N) is 1. The minimum atomic E-state index is -0.230. The van der Waals surface area contributed by atoms with Crippen LogP contribution in [-0.2, 0) is 6.42 Å². The number of alkyl halides is 1. The highest BCUT2D eigenvalue weighted by Crippen LogP contribution is 2.32. The Kier molecular flexibility index (Phi) is 4.50. The first-order valence-corrected chi connectivity index (χ1v) is 6.76. The SMILES string of the molecule is Cc1ccc(CC(Cl)c2cc(Cl)ccc2Cl)nc1. The zero-order valence-electron chi connectivity index (χ0n) is 9.83. The molecule has 0 aliphatic rings. The lowest BCUT2D eigenvalue weighted by molar-refractivity contribution is 0.879. The zero-order chi connectivity index (χ0) is 13.1. The summed E-state index contributed by atoms with van der Waals surface area (Å²) in [5.41, 5.74) is 2.91. The summed E-state index contributed by atoms with van der Waals surface area (Å²) >= 11 is 18.4. The molecule has 94 valence electrons. The van der Waals surface area contributed by atoms with Crippen LogP contribution in [0, 0.1) is 6.92 Å². The van der Waals surface area contributed by atoms with Gasteiger partial charge in [0.05, 0.1) is 5.38 Å². The van der Waals surface area contributed by atoms with E-state index in [0.29, 0.717) is 16.5 Å². The maximum Gasteiger partial charge on any atom is 0.0655 e. The molecule has 1 heterocycles. The number of aryl methyl sites for hydroxylation is 1. The summed E-state index contributed by atoms with van der Waals surface area (Å²) in [6.45, 7) is 2.00. The van der Waals surface area contributed by atoms with Crippen LogP contribution in [0.1, 0.15) is 22.2 Å². The van der Waals surface area contributed by atoms with Crippen LogP contribution in [0.5, 0.6) is 0 Å². The summed E-state index contributed by atoms with van der Waals surface area (Å²) in [6, 6.07) is 9.31. The minimum Gasteiger partial charge on any atom is -0.261 e. The van der Waals surface area contributed by atoms with Crippen LogP contribution >= 0.6 is 34.8 Å². The third-order valence-corrected chi connectivity index (χ3v) is 3.63. The quantitative estimate of drug-likeness (QED) is 0.708. The van der Waals surface area contributed by atoms with E-state index in [1.807, 2.05) is 25.3 Å². The van der Waals surface area contributed by atoms with Gasteiger partial charge in [-0.25, -0.2) is 0 Å². The van der Waals surface area contributed by atoms with Crippen molar-refractivity contribution in [2.45, 2.75) is 18.7 Å². The van der Waals surface area contributed by atoms with Crippen molar-refractivity contribution in [1.29, 1.82) is 0 Å². The van der Waals surface area contributed by atoms with Gasteiger partial charge in [-0.15, -0.1) is 11.6 Å². The minimum absolute atomic E-state index is 0.230. The molecule has 1 atom stereocenters. The molecule has 0 aliphatic heterocycles. The van der Waals surface area contributed by atoms with Crippen LogP contribution in [0.25, 0.3) is 0 Å². The molecule has 0 fully saturated rings. The van der Waals surface area contributed by atoms with Gasteiger partial charge in [0.25, 0.3) is 0 Å². The van der Waals surface area contributed by atoms with Crippen molar-refractivity contribution in [2.24, 2.45) is 0 Å². The molecule has 1 nitrogen and oxygen atoms in total. The van der Waals surface area contributed by atoms with Crippen molar-refractivity contribution in [3.8, 4) is 0 Å². The smallest absolute Gasteiger partial charge is 0.0655 e. The van der Waals surface area contributed by atoms with E-state index in [0.717, 1.165) is 16.8 Å². The van der Waals surface area contributed by atoms with Gasteiger partial charge in [0.15, 0.2) is 0 Å². The maximum atomic E-state index is 6.37. The highest BCUT2D eigenvalue weighted by atomic mass is 35.5. The van der Waals surface area contributed by atoms with E-state index in [9.17, 15) is 0 Å². The summed E-state index contributed by atoms with van der Waals surface area (Å²) < 4.78 is 0. The van der Waals surface area contributed by atoms with Crippen LogP contribution in [0.4, 0.5) is 0 Å². The van der Waals surface area contributed by atoms with Crippen LogP contribution in [0.2, 0.25) is 10.0 Å². The van der Waals surface area contributed by atoms with Gasteiger partial charge < -0.3 is 0 Å². The molecule has 4 heteroatoms. The summed E-state index contributed by atoms with van der Waals surface area (Å²) in [5, 5.41) is 1.04. The van der Waals surface area contributed by atoms with E-state index in [1.165, 1.54) is 0 Å². The maximum absolute atomic E-state index is 6.37. The molecule has 0 saturated carbocycles. The second-order valence-corrected chi connectivity index (χ2v) is 5.53. The fourth-order valence-corrected chi connectivity index (χ4v) is 2.49. The first-order valence-electron chi connectivity index (χ1n) is 5.57. The Morgan fingerprint density at radius 1 is 1.17 bits per heavy atom. The summed E-state index contributed by atoms with van der Waals surface area (Å²) in [7, 11) is 0. The lowest BCUT2D eigenvalue weighted by Crippen LogP contribution is -1.99. The molecule has 2 rings (SSSR count). The van der Waals surface area contributed by atoms with Gasteiger partial charge in [0.2, 0.25) is 0 Å². The zero-order valence-corrected chi connectivity index (χ0v) is 12.1. The molecule has 18 heavy (non-hydrogen) atoms. The van der Waals surface area contributed by atoms with Gasteiger partial charge in [-0.2, -0.15) is 0 Å². The number of aromatic nitrogens is 1. The molecule has 2 aromatic rings. The van der Waals surface area contributed by atoms with Crippen LogP contribution in [0.15, 0.2) is 36.5 Å². The molecular formula is C14H12Cl3N. The molecule has 1 unspecified atom stereocenters. The highest BCUT2D eigenvalue weighted by Gasteiger charge is 2.13. The summed E-state index contributed by atoms with van der Waals surface area (Å²) in [4.78, 5) is 4.34. The van der Waals surface area contributed by atoms with E-state index in [4.69, 9.17) is 34.8 Å². The number of hydrogen-bond donors (Lipinski definition) is 0. The average molecular weight is 301 g/mol. The largest absolute Gasteiger partial charge is 0.261 e. The first-order chi connectivity index (χ1) is 8.56. The lowest BCUT2D eigenvalue weighted by atomic mass is 10.1. The van der Waals surface area contributed by atoms with Crippen molar-refractivity contribution in [2.75, 3.05) is 0 Å². The Bertz CT molecular complexity index is 537. The Morgan fingerprint density at radius 2 is 1.94 bits per heavy atom. The highest BCUT2D eigenvalue weighted by molar-refractivity contribution is 6.34. The fraction of sp³-hybridized carbons (Fsp3) is 0.214. The van der Waals surface area contributed by atoms with Gasteiger partial charge in [0, 0.05) is 28.4 Å². The van der Waals surface area contributed by atoms with Crippen molar-refractivity contribution < 1.29 is 0 Å². The molecule has 0 bridgehead atoms. The van der Waals surface area contributed by atoms with Crippen molar-refractivity contribution >= 4 is 34.8 Å². The average Bonchev–Trinajstić information content (AvgIpc) is 2.35. The molecule has 1 aromatic carbocycles. The van der Waals surface area contributed by atoms with Gasteiger partial charge in [-0.05, 0) is 42.3 Å². The molecule has 0 radical (unpaired) electrons. The topological polar surface area (TPSA) is 12.9 Å². The summed E-state index contributed by atoms with van der Waals surface area (Å²) in [6.07, 6.45) is 2.46. The normalized spacial score (nSPS) is 12.4. The van der Waals surface area contributed by atoms with Gasteiger partial charge in [0.1, 0.15) is 0 Å². The first kappa shape index (κ1) is 13.7. The predicted octanol–water partition coefficient (Wildman–Crippen LogP) is 5.22. The standard InChI is InChI=1S/C14H12Cl3N/c1-9-2-4-11(18-8-9)7-14(17)12-6-10(15)3-5-13(12)16/h2-6,8,14H,7H2,1H3. The van der Waals surface area contributed by atoms with E-state index in [-0.39, 0.29) is 5.38 Å². The molecule has 0 spiro atoms. The predicted molar refractivity (Wildman–Crippen MR) is 77.7 cm³/mol. The Hall–Kier alpha value is -0.760. The molecule has 1 aromatic heterocycles. The van der Waals surface area contributed by atoms with Crippen LogP contribution in [0.3, 0.4) is 0 Å². The van der Waals surface area contributed by atoms with Crippen molar-refractivity contribution in [1.82, 2.24) is 4.98 Å². The molecule has 0 aliphatic carbocycles. The second kappa shape index (κ2) is 5.92. The van der Waals surface area contributed by atoms with Gasteiger partial charge >= 0.3 is 0 Å². The van der Waals surface area contributed by atoms with Crippen molar-refractivity contribution in [3.05, 3.63) is 63.4 Å². The monoisotopic (exact) mass is 299 g/mol. The number of rotatable bonds is 3. The van der Waals surface area contributed by atoms with E-state index >= 15 is 0 Å². The number of halogens is 3. The Morgan fingerprint density at radius 3 is 2.61 bits per heavy atom. The third kappa shape index (κ3) is 3.38. The Balaban J connectivity index is 2.18. The van der Waals surface area contributed by atoms with E-state index in [1.54, 1.807) is 18.2 Å². The number of pyridine rings is 1. The third-order valence-electron chi connectivity index (χ3n) is 2.66. The lowest BCUT2D eigenvalue weighted by Gasteiger charge is -2.12. The van der Waals surface area contributed by atoms with Crippen LogP contribution in [-0.4, -0.2) is 4.98 Å². The van der Waals surface area contributed by atoms with E-state index in [2.05, 4.69) is 4.98 Å². The molecular weight excluding hydrogens is 289 g/mol. The van der Waals surface area contributed by atoms with E-state index < -0.39 is 0 Å². The molecule has 0 amide bonds. The molecule has 0 saturated heterocycles. The fourth-order valence-electron chi connectivity index (χ4n) is 1.67. The number of benzene rings is 1. The summed E-state index contributed by atoms with van der Waals surface area (Å²) in [5.74, 6) is 0. The molecule has 0 N–H and O–H groups in total.